The van der Waals surface area contributed by atoms with Crippen molar-refractivity contribution >= 4 is 11.9 Å². The lowest BCUT2D eigenvalue weighted by Crippen LogP contribution is -2.30. The summed E-state index contributed by atoms with van der Waals surface area (Å²) in [5.41, 5.74) is 1.27. The van der Waals surface area contributed by atoms with Crippen molar-refractivity contribution in [3.8, 4) is 0 Å². The van der Waals surface area contributed by atoms with Crippen LogP contribution in [0.3, 0.4) is 0 Å². The van der Waals surface area contributed by atoms with Crippen LogP contribution in [0.15, 0.2) is 41.9 Å². The largest absolute Gasteiger partial charge is 0.462 e. The maximum atomic E-state index is 14.3. The Balaban J connectivity index is 2.11. The number of carbonyl (C=O) groups excluding carboxylic acids is 1. The highest BCUT2D eigenvalue weighted by Crippen LogP contribution is 2.36. The summed E-state index contributed by atoms with van der Waals surface area (Å²) in [4.78, 5) is 16.6. The molecule has 3 rings (SSSR count). The molecule has 0 unspecified atom stereocenters. The average Bonchev–Trinajstić information content (AvgIpc) is 3.00. The van der Waals surface area contributed by atoms with E-state index in [1.807, 2.05) is 6.92 Å². The zero-order valence-electron chi connectivity index (χ0n) is 12.9. The lowest BCUT2D eigenvalue weighted by atomic mass is 9.95. The van der Waals surface area contributed by atoms with Crippen LogP contribution in [0.1, 0.15) is 31.9 Å². The van der Waals surface area contributed by atoms with Gasteiger partial charge in [0.05, 0.1) is 12.2 Å². The van der Waals surface area contributed by atoms with Crippen molar-refractivity contribution in [3.05, 3.63) is 53.2 Å². The second-order valence-electron chi connectivity index (χ2n) is 5.25. The van der Waals surface area contributed by atoms with Crippen molar-refractivity contribution in [1.82, 2.24) is 14.8 Å². The number of rotatable bonds is 4. The number of fused-ring (bicyclic) bond motifs is 1. The number of nitrogens with one attached hydrogen (secondary N) is 1. The predicted octanol–water partition coefficient (Wildman–Crippen LogP) is 2.66. The lowest BCUT2D eigenvalue weighted by Gasteiger charge is -2.28. The van der Waals surface area contributed by atoms with Gasteiger partial charge in [0.2, 0.25) is 5.95 Å². The molecule has 120 valence electrons. The Labute approximate surface area is 133 Å². The lowest BCUT2D eigenvalue weighted by molar-refractivity contribution is -0.139. The summed E-state index contributed by atoms with van der Waals surface area (Å²) in [6.45, 7) is 3.97. The third kappa shape index (κ3) is 2.69. The van der Waals surface area contributed by atoms with Crippen LogP contribution in [0.5, 0.6) is 0 Å². The summed E-state index contributed by atoms with van der Waals surface area (Å²) in [5.74, 6) is -0.427. The highest BCUT2D eigenvalue weighted by atomic mass is 19.1. The molecule has 0 fully saturated rings. The van der Waals surface area contributed by atoms with Crippen molar-refractivity contribution in [2.75, 3.05) is 11.9 Å². The molecule has 7 heteroatoms. The molecular formula is C16H17FN4O2. The molecule has 1 aromatic heterocycles. The number of carbonyl (C=O) groups is 1. The van der Waals surface area contributed by atoms with Gasteiger partial charge in [-0.25, -0.2) is 13.9 Å². The SMILES string of the molecule is CCCOC(=O)C1=C(C)Nc2ncnn2[C@H]1c1ccccc1F. The summed E-state index contributed by atoms with van der Waals surface area (Å²) in [7, 11) is 0. The number of ether oxygens (including phenoxy) is 1. The van der Waals surface area contributed by atoms with E-state index in [9.17, 15) is 9.18 Å². The molecule has 0 aliphatic carbocycles. The van der Waals surface area contributed by atoms with Crippen LogP contribution < -0.4 is 5.32 Å². The van der Waals surface area contributed by atoms with Crippen LogP contribution in [-0.2, 0) is 9.53 Å². The molecule has 0 spiro atoms. The first-order valence-electron chi connectivity index (χ1n) is 7.42. The van der Waals surface area contributed by atoms with E-state index in [1.54, 1.807) is 25.1 Å². The molecule has 0 bridgehead atoms. The van der Waals surface area contributed by atoms with Gasteiger partial charge >= 0.3 is 5.97 Å². The van der Waals surface area contributed by atoms with Gasteiger partial charge in [0.25, 0.3) is 0 Å². The van der Waals surface area contributed by atoms with E-state index >= 15 is 0 Å². The van der Waals surface area contributed by atoms with Crippen molar-refractivity contribution in [3.63, 3.8) is 0 Å². The summed E-state index contributed by atoms with van der Waals surface area (Å²) in [6, 6.07) is 5.62. The first-order chi connectivity index (χ1) is 11.1. The van der Waals surface area contributed by atoms with E-state index in [4.69, 9.17) is 4.74 Å². The third-order valence-electron chi connectivity index (χ3n) is 3.65. The molecule has 0 saturated carbocycles. The number of allylic oxidation sites excluding steroid dienone is 1. The average molecular weight is 316 g/mol. The van der Waals surface area contributed by atoms with Crippen LogP contribution in [0, 0.1) is 5.82 Å². The maximum absolute atomic E-state index is 14.3. The highest BCUT2D eigenvalue weighted by molar-refractivity contribution is 5.92. The van der Waals surface area contributed by atoms with Crippen molar-refractivity contribution in [1.29, 1.82) is 0 Å². The van der Waals surface area contributed by atoms with Gasteiger partial charge in [0.1, 0.15) is 18.2 Å². The first kappa shape index (κ1) is 15.2. The molecular weight excluding hydrogens is 299 g/mol. The van der Waals surface area contributed by atoms with E-state index in [1.165, 1.54) is 17.1 Å². The molecule has 0 radical (unpaired) electrons. The fraction of sp³-hybridized carbons (Fsp3) is 0.312. The smallest absolute Gasteiger partial charge is 0.338 e. The molecule has 2 heterocycles. The Hall–Kier alpha value is -2.70. The molecule has 0 saturated heterocycles. The summed E-state index contributed by atoms with van der Waals surface area (Å²) in [5, 5.41) is 7.15. The maximum Gasteiger partial charge on any atom is 0.338 e. The quantitative estimate of drug-likeness (QED) is 0.878. The van der Waals surface area contributed by atoms with Crippen molar-refractivity contribution in [2.45, 2.75) is 26.3 Å². The highest BCUT2D eigenvalue weighted by Gasteiger charge is 2.35. The van der Waals surface area contributed by atoms with E-state index in [-0.39, 0.29) is 0 Å². The fourth-order valence-electron chi connectivity index (χ4n) is 2.61. The van der Waals surface area contributed by atoms with Gasteiger partial charge in [-0.3, -0.25) is 0 Å². The molecule has 0 amide bonds. The second-order valence-corrected chi connectivity index (χ2v) is 5.25. The Bertz CT molecular complexity index is 769. The number of nitrogens with zero attached hydrogens (tertiary/aromatic N) is 3. The van der Waals surface area contributed by atoms with Crippen LogP contribution >= 0.6 is 0 Å². The van der Waals surface area contributed by atoms with Gasteiger partial charge in [0.15, 0.2) is 0 Å². The zero-order chi connectivity index (χ0) is 16.4. The Morgan fingerprint density at radius 2 is 2.22 bits per heavy atom. The predicted molar refractivity (Wildman–Crippen MR) is 82.1 cm³/mol. The molecule has 1 aromatic carbocycles. The second kappa shape index (κ2) is 6.20. The van der Waals surface area contributed by atoms with E-state index in [0.717, 1.165) is 0 Å². The number of benzene rings is 1. The number of halogens is 1. The topological polar surface area (TPSA) is 69.0 Å². The summed E-state index contributed by atoms with van der Waals surface area (Å²) >= 11 is 0. The monoisotopic (exact) mass is 316 g/mol. The van der Waals surface area contributed by atoms with E-state index < -0.39 is 17.8 Å². The van der Waals surface area contributed by atoms with Crippen LogP contribution in [0.2, 0.25) is 0 Å². The van der Waals surface area contributed by atoms with Gasteiger partial charge in [-0.1, -0.05) is 25.1 Å². The van der Waals surface area contributed by atoms with Gasteiger partial charge in [0, 0.05) is 11.3 Å². The molecule has 1 aliphatic heterocycles. The van der Waals surface area contributed by atoms with E-state index in [2.05, 4.69) is 15.4 Å². The fourth-order valence-corrected chi connectivity index (χ4v) is 2.61. The summed E-state index contributed by atoms with van der Waals surface area (Å²) in [6.07, 6.45) is 2.08. The standard InChI is InChI=1S/C16H17FN4O2/c1-3-8-23-15(22)13-10(2)20-16-18-9-19-21(16)14(13)11-6-4-5-7-12(11)17/h4-7,9,14H,3,8H2,1-2H3,(H,18,19,20)/t14-/m0/s1. The first-order valence-corrected chi connectivity index (χ1v) is 7.42. The van der Waals surface area contributed by atoms with Crippen LogP contribution in [0.4, 0.5) is 10.3 Å². The van der Waals surface area contributed by atoms with Crippen molar-refractivity contribution < 1.29 is 13.9 Å². The Kier molecular flexibility index (Phi) is 4.10. The van der Waals surface area contributed by atoms with Gasteiger partial charge in [-0.2, -0.15) is 10.1 Å². The van der Waals surface area contributed by atoms with E-state index in [0.29, 0.717) is 35.8 Å². The Morgan fingerprint density at radius 1 is 1.43 bits per heavy atom. The molecule has 23 heavy (non-hydrogen) atoms. The number of aromatic nitrogens is 3. The number of anilines is 1. The van der Waals surface area contributed by atoms with Crippen molar-refractivity contribution in [2.24, 2.45) is 0 Å². The van der Waals surface area contributed by atoms with Gasteiger partial charge < -0.3 is 10.1 Å². The minimum absolute atomic E-state index is 0.309. The van der Waals surface area contributed by atoms with Gasteiger partial charge in [-0.05, 0) is 19.4 Å². The molecule has 1 aliphatic rings. The minimum atomic E-state index is -0.709. The normalized spacial score (nSPS) is 16.7. The van der Waals surface area contributed by atoms with Gasteiger partial charge in [-0.15, -0.1) is 0 Å². The Morgan fingerprint density at radius 3 is 2.96 bits per heavy atom. The van der Waals surface area contributed by atoms with Crippen LogP contribution in [0.25, 0.3) is 0 Å². The molecule has 1 N–H and O–H groups in total. The number of hydrogen-bond acceptors (Lipinski definition) is 5. The number of esters is 1. The molecule has 1 atom stereocenters. The minimum Gasteiger partial charge on any atom is -0.462 e. The zero-order valence-corrected chi connectivity index (χ0v) is 12.9. The van der Waals surface area contributed by atoms with Crippen LogP contribution in [-0.4, -0.2) is 27.3 Å². The molecule has 2 aromatic rings. The molecule has 6 nitrogen and oxygen atoms in total. The summed E-state index contributed by atoms with van der Waals surface area (Å²) < 4.78 is 21.1. The third-order valence-corrected chi connectivity index (χ3v) is 3.65. The number of hydrogen-bond donors (Lipinski definition) is 1.